The molecule has 0 saturated carbocycles. The summed E-state index contributed by atoms with van der Waals surface area (Å²) in [5.74, 6) is -0.591. The first-order valence-electron chi connectivity index (χ1n) is 18.6. The average molecular weight is 750 g/mol. The maximum atomic E-state index is 11.4. The number of allylic oxidation sites excluding steroid dienone is 7. The van der Waals surface area contributed by atoms with Crippen LogP contribution in [-0.2, 0) is 31.1 Å². The van der Waals surface area contributed by atoms with Crippen LogP contribution in [0.3, 0.4) is 0 Å². The molecular weight excluding hydrogens is 695 g/mol. The van der Waals surface area contributed by atoms with Gasteiger partial charge in [0.15, 0.2) is 5.71 Å². The van der Waals surface area contributed by atoms with Crippen LogP contribution in [0.2, 0.25) is 0 Å². The largest absolute Gasteiger partial charge is 0.748 e. The minimum atomic E-state index is -4.25. The monoisotopic (exact) mass is 749 g/mol. The van der Waals surface area contributed by atoms with Gasteiger partial charge in [-0.05, 0) is 81.2 Å². The van der Waals surface area contributed by atoms with Gasteiger partial charge in [-0.25, -0.2) is 8.42 Å². The Bertz CT molecular complexity index is 2020. The van der Waals surface area contributed by atoms with Crippen molar-refractivity contribution in [2.75, 3.05) is 36.0 Å². The van der Waals surface area contributed by atoms with Gasteiger partial charge < -0.3 is 14.8 Å². The van der Waals surface area contributed by atoms with Crippen molar-refractivity contribution in [2.45, 2.75) is 96.8 Å². The van der Waals surface area contributed by atoms with E-state index in [1.807, 2.05) is 12.1 Å². The molecule has 52 heavy (non-hydrogen) atoms. The summed E-state index contributed by atoms with van der Waals surface area (Å²) in [5, 5.41) is 3.77. The van der Waals surface area contributed by atoms with E-state index in [0.717, 1.165) is 60.7 Å². The zero-order chi connectivity index (χ0) is 37.7. The highest BCUT2D eigenvalue weighted by Crippen LogP contribution is 2.48. The Hall–Kier alpha value is -3.51. The fraction of sp³-hybridized carbons (Fsp3) is 0.488. The summed E-state index contributed by atoms with van der Waals surface area (Å²) in [7, 11) is -8.24. The highest BCUT2D eigenvalue weighted by atomic mass is 32.2. The average Bonchev–Trinajstić information content (AvgIpc) is 3.63. The van der Waals surface area contributed by atoms with Crippen LogP contribution in [0.1, 0.15) is 97.1 Å². The molecule has 282 valence electrons. The van der Waals surface area contributed by atoms with Gasteiger partial charge in [0.1, 0.15) is 6.54 Å². The first-order chi connectivity index (χ1) is 24.5. The minimum Gasteiger partial charge on any atom is -0.748 e. The molecule has 0 unspecified atom stereocenters. The Balaban J connectivity index is 1.48. The molecule has 0 amide bonds. The number of nitrogens with zero attached hydrogens (tertiary/aromatic N) is 2. The summed E-state index contributed by atoms with van der Waals surface area (Å²) in [6.45, 7) is 13.3. The van der Waals surface area contributed by atoms with Gasteiger partial charge in [0, 0.05) is 65.5 Å². The van der Waals surface area contributed by atoms with Crippen LogP contribution in [0.25, 0.3) is 0 Å². The van der Waals surface area contributed by atoms with E-state index in [-0.39, 0.29) is 22.3 Å². The molecule has 2 aliphatic heterocycles. The zero-order valence-corrected chi connectivity index (χ0v) is 33.0. The van der Waals surface area contributed by atoms with Crippen LogP contribution >= 0.6 is 0 Å². The van der Waals surface area contributed by atoms with Crippen molar-refractivity contribution in [3.63, 3.8) is 0 Å². The first kappa shape index (κ1) is 39.7. The normalized spacial score (nSPS) is 19.8. The second kappa shape index (κ2) is 16.2. The van der Waals surface area contributed by atoms with Crippen molar-refractivity contribution >= 4 is 37.3 Å². The standard InChI is InChI=1S/C41H55N3O6S2/c1-6-7-26-42-39-31(22-24-37-40(2,3)33-16-8-10-18-35(33)43(37)27-12-14-29-51(45,46)47)20-21-32(39)23-25-38-41(4,5)34-17-9-11-19-36(34)44(38)28-13-15-30-52(48,49)50/h8-11,16-19,22-25H,6-7,12-15,20-21,26-30H2,1-5H3,(H2,45,46,47,48,49,50)/b31-22-,37-24-. The molecule has 0 fully saturated rings. The highest BCUT2D eigenvalue weighted by Gasteiger charge is 2.44. The van der Waals surface area contributed by atoms with Gasteiger partial charge in [0.2, 0.25) is 5.69 Å². The highest BCUT2D eigenvalue weighted by molar-refractivity contribution is 7.85. The molecular formula is C41H55N3O6S2. The summed E-state index contributed by atoms with van der Waals surface area (Å²) >= 11 is 0. The molecule has 0 aromatic heterocycles. The molecule has 5 rings (SSSR count). The van der Waals surface area contributed by atoms with Crippen LogP contribution in [0.15, 0.2) is 95.4 Å². The summed E-state index contributed by atoms with van der Waals surface area (Å²) in [6.07, 6.45) is 14.8. The van der Waals surface area contributed by atoms with E-state index in [0.29, 0.717) is 38.8 Å². The maximum Gasteiger partial charge on any atom is 0.264 e. The summed E-state index contributed by atoms with van der Waals surface area (Å²) < 4.78 is 68.1. The van der Waals surface area contributed by atoms with Gasteiger partial charge in [-0.15, -0.1) is 0 Å². The molecule has 11 heteroatoms. The van der Waals surface area contributed by atoms with Gasteiger partial charge in [0.25, 0.3) is 10.1 Å². The maximum absolute atomic E-state index is 11.4. The lowest BCUT2D eigenvalue weighted by atomic mass is 9.81. The number of para-hydroxylation sites is 2. The van der Waals surface area contributed by atoms with E-state index in [2.05, 4.69) is 110 Å². The lowest BCUT2D eigenvalue weighted by Crippen LogP contribution is -2.28. The van der Waals surface area contributed by atoms with E-state index in [1.165, 1.54) is 22.3 Å². The molecule has 0 radical (unpaired) electrons. The molecule has 2 heterocycles. The number of nitrogens with one attached hydrogen (secondary N) is 1. The SMILES string of the molecule is CCCCNC1=C(/C=C/C2=[N+](CCCCS(=O)(=O)[O-])c3ccccc3C2(C)C)CC/C1=C/C=C1\N(CCCCS(=O)(=O)O)c2ccccc2C1(C)C. The molecule has 0 spiro atoms. The van der Waals surface area contributed by atoms with E-state index in [4.69, 9.17) is 0 Å². The number of unbranched alkanes of at least 4 members (excludes halogenated alkanes) is 3. The lowest BCUT2D eigenvalue weighted by molar-refractivity contribution is -0.438. The molecule has 0 saturated heterocycles. The Morgan fingerprint density at radius 2 is 1.54 bits per heavy atom. The summed E-state index contributed by atoms with van der Waals surface area (Å²) in [4.78, 5) is 2.30. The van der Waals surface area contributed by atoms with Crippen LogP contribution in [0, 0.1) is 0 Å². The minimum absolute atomic E-state index is 0.241. The van der Waals surface area contributed by atoms with E-state index < -0.39 is 20.2 Å². The van der Waals surface area contributed by atoms with E-state index in [9.17, 15) is 25.9 Å². The Labute approximate surface area is 311 Å². The zero-order valence-electron chi connectivity index (χ0n) is 31.3. The predicted molar refractivity (Wildman–Crippen MR) is 210 cm³/mol. The number of benzene rings is 2. The number of fused-ring (bicyclic) bond motifs is 2. The van der Waals surface area contributed by atoms with Gasteiger partial charge in [-0.3, -0.25) is 4.55 Å². The molecule has 0 atom stereocenters. The first-order valence-corrected chi connectivity index (χ1v) is 21.8. The molecule has 1 aliphatic carbocycles. The van der Waals surface area contributed by atoms with Gasteiger partial charge in [0.05, 0.1) is 21.3 Å². The van der Waals surface area contributed by atoms with Gasteiger partial charge >= 0.3 is 0 Å². The van der Waals surface area contributed by atoms with Gasteiger partial charge in [-0.1, -0.05) is 75.7 Å². The van der Waals surface area contributed by atoms with Crippen molar-refractivity contribution in [1.82, 2.24) is 5.32 Å². The van der Waals surface area contributed by atoms with Crippen LogP contribution in [-0.4, -0.2) is 67.4 Å². The van der Waals surface area contributed by atoms with Crippen LogP contribution in [0.4, 0.5) is 11.4 Å². The quantitative estimate of drug-likeness (QED) is 0.0959. The molecule has 0 bridgehead atoms. The Kier molecular flexibility index (Phi) is 12.4. The third kappa shape index (κ3) is 9.16. The number of anilines is 1. The van der Waals surface area contributed by atoms with Crippen molar-refractivity contribution < 1.29 is 30.5 Å². The van der Waals surface area contributed by atoms with Crippen LogP contribution < -0.4 is 10.2 Å². The molecule has 3 aliphatic rings. The predicted octanol–water partition coefficient (Wildman–Crippen LogP) is 7.66. The lowest BCUT2D eigenvalue weighted by Gasteiger charge is -2.27. The molecule has 2 aromatic rings. The smallest absolute Gasteiger partial charge is 0.264 e. The van der Waals surface area contributed by atoms with E-state index >= 15 is 0 Å². The molecule has 2 N–H and O–H groups in total. The molecule has 9 nitrogen and oxygen atoms in total. The third-order valence-electron chi connectivity index (χ3n) is 10.7. The topological polar surface area (TPSA) is 130 Å². The number of rotatable bonds is 17. The second-order valence-corrected chi connectivity index (χ2v) is 18.3. The number of hydrogen-bond donors (Lipinski definition) is 2. The fourth-order valence-electron chi connectivity index (χ4n) is 7.90. The summed E-state index contributed by atoms with van der Waals surface area (Å²) in [5.41, 5.74) is 10.2. The third-order valence-corrected chi connectivity index (χ3v) is 12.3. The van der Waals surface area contributed by atoms with Crippen molar-refractivity contribution in [3.05, 3.63) is 107 Å². The van der Waals surface area contributed by atoms with Crippen molar-refractivity contribution in [1.29, 1.82) is 0 Å². The van der Waals surface area contributed by atoms with E-state index in [1.54, 1.807) is 0 Å². The van der Waals surface area contributed by atoms with Crippen molar-refractivity contribution in [2.24, 2.45) is 0 Å². The molecule has 2 aromatic carbocycles. The summed E-state index contributed by atoms with van der Waals surface area (Å²) in [6, 6.07) is 16.8. The number of hydrogen-bond acceptors (Lipinski definition) is 7. The van der Waals surface area contributed by atoms with Crippen LogP contribution in [0.5, 0.6) is 0 Å². The van der Waals surface area contributed by atoms with Gasteiger partial charge in [-0.2, -0.15) is 13.0 Å². The Morgan fingerprint density at radius 3 is 2.25 bits per heavy atom. The second-order valence-electron chi connectivity index (χ2n) is 15.2. The van der Waals surface area contributed by atoms with Crippen molar-refractivity contribution in [3.8, 4) is 0 Å². The fourth-order valence-corrected chi connectivity index (χ4v) is 9.03. The Morgan fingerprint density at radius 1 is 0.846 bits per heavy atom.